The van der Waals surface area contributed by atoms with Gasteiger partial charge in [0.25, 0.3) is 0 Å². The minimum Gasteiger partial charge on any atom is -0.489 e. The Hall–Kier alpha value is -1.62. The molecule has 0 saturated heterocycles. The van der Waals surface area contributed by atoms with Gasteiger partial charge in [0.15, 0.2) is 0 Å². The molecule has 0 bridgehead atoms. The SMILES string of the molecule is CCN(CC)CCCNCc1cccc(OCc2ccc(F)cc2Cl)c1. The first-order valence-electron chi connectivity index (χ1n) is 9.21. The molecule has 1 N–H and O–H groups in total. The number of hydrogen-bond donors (Lipinski definition) is 1. The highest BCUT2D eigenvalue weighted by molar-refractivity contribution is 6.31. The minimum absolute atomic E-state index is 0.319. The Morgan fingerprint density at radius 3 is 2.65 bits per heavy atom. The molecule has 26 heavy (non-hydrogen) atoms. The summed E-state index contributed by atoms with van der Waals surface area (Å²) in [4.78, 5) is 2.43. The number of nitrogens with zero attached hydrogens (tertiary/aromatic N) is 1. The van der Waals surface area contributed by atoms with Crippen LogP contribution in [0.1, 0.15) is 31.4 Å². The van der Waals surface area contributed by atoms with Crippen molar-refractivity contribution in [3.8, 4) is 5.75 Å². The van der Waals surface area contributed by atoms with E-state index in [1.165, 1.54) is 17.7 Å². The lowest BCUT2D eigenvalue weighted by molar-refractivity contribution is 0.297. The van der Waals surface area contributed by atoms with E-state index >= 15 is 0 Å². The first-order valence-corrected chi connectivity index (χ1v) is 9.59. The van der Waals surface area contributed by atoms with Crippen molar-refractivity contribution in [3.63, 3.8) is 0 Å². The van der Waals surface area contributed by atoms with Crippen LogP contribution in [0, 0.1) is 5.82 Å². The van der Waals surface area contributed by atoms with Gasteiger partial charge >= 0.3 is 0 Å². The molecular formula is C21H28ClFN2O. The van der Waals surface area contributed by atoms with Gasteiger partial charge in [0, 0.05) is 12.1 Å². The van der Waals surface area contributed by atoms with E-state index in [0.717, 1.165) is 50.5 Å². The molecule has 0 heterocycles. The predicted octanol–water partition coefficient (Wildman–Crippen LogP) is 4.88. The van der Waals surface area contributed by atoms with Crippen molar-refractivity contribution >= 4 is 11.6 Å². The molecule has 2 aromatic rings. The van der Waals surface area contributed by atoms with Gasteiger partial charge in [-0.05, 0) is 62.4 Å². The Balaban J connectivity index is 1.76. The third-order valence-electron chi connectivity index (χ3n) is 4.36. The molecule has 0 spiro atoms. The van der Waals surface area contributed by atoms with Gasteiger partial charge in [-0.25, -0.2) is 4.39 Å². The van der Waals surface area contributed by atoms with Gasteiger partial charge in [0.1, 0.15) is 18.2 Å². The minimum atomic E-state index is -0.340. The summed E-state index contributed by atoms with van der Waals surface area (Å²) in [5.41, 5.74) is 1.95. The fraction of sp³-hybridized carbons (Fsp3) is 0.429. The van der Waals surface area contributed by atoms with Crippen LogP contribution in [0.4, 0.5) is 4.39 Å². The summed E-state index contributed by atoms with van der Waals surface area (Å²) in [6.07, 6.45) is 1.14. The first-order chi connectivity index (χ1) is 12.6. The van der Waals surface area contributed by atoms with Gasteiger partial charge in [0.05, 0.1) is 5.02 Å². The Bertz CT molecular complexity index is 677. The predicted molar refractivity (Wildman–Crippen MR) is 106 cm³/mol. The number of rotatable bonds is 11. The van der Waals surface area contributed by atoms with Crippen LogP contribution in [0.2, 0.25) is 5.02 Å². The molecule has 0 aromatic heterocycles. The molecular weight excluding hydrogens is 351 g/mol. The lowest BCUT2D eigenvalue weighted by atomic mass is 10.2. The fourth-order valence-electron chi connectivity index (χ4n) is 2.75. The van der Waals surface area contributed by atoms with Crippen molar-refractivity contribution < 1.29 is 9.13 Å². The molecule has 5 heteroatoms. The van der Waals surface area contributed by atoms with Crippen LogP contribution in [0.25, 0.3) is 0 Å². The molecule has 2 aromatic carbocycles. The zero-order valence-electron chi connectivity index (χ0n) is 15.6. The molecule has 0 saturated carbocycles. The quantitative estimate of drug-likeness (QED) is 0.564. The van der Waals surface area contributed by atoms with Gasteiger partial charge < -0.3 is 15.0 Å². The van der Waals surface area contributed by atoms with Gasteiger partial charge in [-0.3, -0.25) is 0 Å². The highest BCUT2D eigenvalue weighted by Crippen LogP contribution is 2.20. The van der Waals surface area contributed by atoms with Crippen molar-refractivity contribution in [2.75, 3.05) is 26.2 Å². The van der Waals surface area contributed by atoms with Gasteiger partial charge in [-0.15, -0.1) is 0 Å². The van der Waals surface area contributed by atoms with Gasteiger partial charge in [0.2, 0.25) is 0 Å². The molecule has 142 valence electrons. The van der Waals surface area contributed by atoms with E-state index in [4.69, 9.17) is 16.3 Å². The molecule has 2 rings (SSSR count). The van der Waals surface area contributed by atoms with Crippen molar-refractivity contribution in [2.24, 2.45) is 0 Å². The first kappa shape index (κ1) is 20.7. The summed E-state index contributed by atoms with van der Waals surface area (Å²) < 4.78 is 18.9. The van der Waals surface area contributed by atoms with Crippen LogP contribution >= 0.6 is 11.6 Å². The van der Waals surface area contributed by atoms with Gasteiger partial charge in [-0.2, -0.15) is 0 Å². The Morgan fingerprint density at radius 1 is 1.12 bits per heavy atom. The Morgan fingerprint density at radius 2 is 1.92 bits per heavy atom. The van der Waals surface area contributed by atoms with Crippen LogP contribution in [0.3, 0.4) is 0 Å². The van der Waals surface area contributed by atoms with Crippen LogP contribution < -0.4 is 10.1 Å². The molecule has 0 atom stereocenters. The third-order valence-corrected chi connectivity index (χ3v) is 4.71. The summed E-state index contributed by atoms with van der Waals surface area (Å²) in [7, 11) is 0. The number of nitrogens with one attached hydrogen (secondary N) is 1. The van der Waals surface area contributed by atoms with E-state index in [1.54, 1.807) is 6.07 Å². The maximum Gasteiger partial charge on any atom is 0.124 e. The zero-order valence-corrected chi connectivity index (χ0v) is 16.4. The Kier molecular flexibility index (Phi) is 8.89. The number of halogens is 2. The molecule has 0 amide bonds. The highest BCUT2D eigenvalue weighted by atomic mass is 35.5. The van der Waals surface area contributed by atoms with Crippen molar-refractivity contribution in [3.05, 3.63) is 64.4 Å². The average Bonchev–Trinajstić information content (AvgIpc) is 2.64. The van der Waals surface area contributed by atoms with Crippen LogP contribution in [-0.4, -0.2) is 31.1 Å². The second kappa shape index (κ2) is 11.2. The molecule has 0 fully saturated rings. The van der Waals surface area contributed by atoms with E-state index < -0.39 is 0 Å². The van der Waals surface area contributed by atoms with Gasteiger partial charge in [-0.1, -0.05) is 43.6 Å². The standard InChI is InChI=1S/C21H28ClFN2O/c1-3-25(4-2)12-6-11-24-15-17-7-5-8-20(13-17)26-16-18-9-10-19(23)14-21(18)22/h5,7-10,13-14,24H,3-4,6,11-12,15-16H2,1-2H3. The average molecular weight is 379 g/mol. The zero-order chi connectivity index (χ0) is 18.8. The van der Waals surface area contributed by atoms with E-state index in [9.17, 15) is 4.39 Å². The Labute approximate surface area is 161 Å². The van der Waals surface area contributed by atoms with Crippen molar-refractivity contribution in [2.45, 2.75) is 33.4 Å². The van der Waals surface area contributed by atoms with E-state index in [1.807, 2.05) is 18.2 Å². The lowest BCUT2D eigenvalue weighted by Crippen LogP contribution is -2.27. The summed E-state index contributed by atoms with van der Waals surface area (Å²) in [5.74, 6) is 0.445. The molecule has 0 unspecified atom stereocenters. The molecule has 3 nitrogen and oxygen atoms in total. The number of ether oxygens (including phenoxy) is 1. The highest BCUT2D eigenvalue weighted by Gasteiger charge is 2.04. The number of hydrogen-bond acceptors (Lipinski definition) is 3. The summed E-state index contributed by atoms with van der Waals surface area (Å²) in [6.45, 7) is 9.85. The second-order valence-corrected chi connectivity index (χ2v) is 6.64. The van der Waals surface area contributed by atoms with Crippen molar-refractivity contribution in [1.82, 2.24) is 10.2 Å². The summed E-state index contributed by atoms with van der Waals surface area (Å²) >= 11 is 6.03. The topological polar surface area (TPSA) is 24.5 Å². The van der Waals surface area contributed by atoms with Crippen molar-refractivity contribution in [1.29, 1.82) is 0 Å². The maximum absolute atomic E-state index is 13.1. The maximum atomic E-state index is 13.1. The molecule has 0 aliphatic heterocycles. The van der Waals surface area contributed by atoms with Crippen LogP contribution in [0.5, 0.6) is 5.75 Å². The fourth-order valence-corrected chi connectivity index (χ4v) is 2.97. The van der Waals surface area contributed by atoms with Crippen LogP contribution in [0.15, 0.2) is 42.5 Å². The van der Waals surface area contributed by atoms with E-state index in [2.05, 4.69) is 30.1 Å². The monoisotopic (exact) mass is 378 g/mol. The summed E-state index contributed by atoms with van der Waals surface area (Å²) in [5, 5.41) is 3.86. The molecule has 0 aliphatic rings. The third kappa shape index (κ3) is 6.94. The number of benzene rings is 2. The summed E-state index contributed by atoms with van der Waals surface area (Å²) in [6, 6.07) is 12.3. The van der Waals surface area contributed by atoms with Crippen LogP contribution in [-0.2, 0) is 13.2 Å². The van der Waals surface area contributed by atoms with E-state index in [-0.39, 0.29) is 5.82 Å². The molecule has 0 aliphatic carbocycles. The second-order valence-electron chi connectivity index (χ2n) is 6.23. The van der Waals surface area contributed by atoms with E-state index in [0.29, 0.717) is 11.6 Å². The smallest absolute Gasteiger partial charge is 0.124 e. The normalized spacial score (nSPS) is 11.1. The largest absolute Gasteiger partial charge is 0.489 e. The molecule has 0 radical (unpaired) electrons. The lowest BCUT2D eigenvalue weighted by Gasteiger charge is -2.17.